The zero-order valence-corrected chi connectivity index (χ0v) is 23.6. The summed E-state index contributed by atoms with van der Waals surface area (Å²) < 4.78 is 54.2. The first-order valence-electron chi connectivity index (χ1n) is 14.9. The normalized spacial score (nSPS) is 25.0. The Bertz CT molecular complexity index is 1200. The summed E-state index contributed by atoms with van der Waals surface area (Å²) in [4.78, 5) is 30.1. The number of hydrogen-bond donors (Lipinski definition) is 1. The lowest BCUT2D eigenvalue weighted by molar-refractivity contribution is -0.193. The van der Waals surface area contributed by atoms with Crippen molar-refractivity contribution in [2.24, 2.45) is 4.99 Å². The topological polar surface area (TPSA) is 95.5 Å². The smallest absolute Gasteiger partial charge is 0.347 e. The lowest BCUT2D eigenvalue weighted by Gasteiger charge is -2.28. The van der Waals surface area contributed by atoms with Crippen LogP contribution in [-0.2, 0) is 18.9 Å². The predicted octanol–water partition coefficient (Wildman–Crippen LogP) is 6.06. The van der Waals surface area contributed by atoms with Gasteiger partial charge in [-0.3, -0.25) is 0 Å². The van der Waals surface area contributed by atoms with E-state index in [-0.39, 0.29) is 29.2 Å². The molecule has 0 bridgehead atoms. The number of halogens is 2. The van der Waals surface area contributed by atoms with E-state index >= 15 is 8.78 Å². The number of carbonyl (C=O) groups excluding carboxylic acids is 2. The second-order valence-electron chi connectivity index (χ2n) is 11.2. The van der Waals surface area contributed by atoms with Crippen LogP contribution in [0.25, 0.3) is 0 Å². The Labute approximate surface area is 244 Å². The molecule has 2 aliphatic carbocycles. The fraction of sp³-hybridized carbons (Fsp3) is 0.531. The third-order valence-corrected chi connectivity index (χ3v) is 7.99. The molecule has 0 amide bonds. The summed E-state index contributed by atoms with van der Waals surface area (Å²) in [5.41, 5.74) is 0.364. The number of nitrogens with zero attached hydrogens (tertiary/aromatic N) is 1. The number of esters is 2. The molecule has 1 aliphatic heterocycles. The highest BCUT2D eigenvalue weighted by Gasteiger charge is 2.63. The van der Waals surface area contributed by atoms with E-state index in [1.807, 2.05) is 0 Å². The average Bonchev–Trinajstić information content (AvgIpc) is 3.25. The molecule has 1 saturated heterocycles. The zero-order valence-electron chi connectivity index (χ0n) is 23.6. The van der Waals surface area contributed by atoms with Crippen molar-refractivity contribution in [3.05, 3.63) is 71.8 Å². The number of hydrogen-bond acceptors (Lipinski definition) is 7. The van der Waals surface area contributed by atoms with Gasteiger partial charge >= 0.3 is 17.9 Å². The van der Waals surface area contributed by atoms with Gasteiger partial charge in [0.2, 0.25) is 6.10 Å². The molecule has 2 aromatic rings. The van der Waals surface area contributed by atoms with E-state index in [0.717, 1.165) is 64.2 Å². The van der Waals surface area contributed by atoms with Crippen molar-refractivity contribution in [2.45, 2.75) is 101 Å². The zero-order chi connectivity index (χ0) is 29.4. The van der Waals surface area contributed by atoms with Gasteiger partial charge in [-0.2, -0.15) is 8.78 Å². The highest BCUT2D eigenvalue weighted by Crippen LogP contribution is 2.40. The van der Waals surface area contributed by atoms with Crippen molar-refractivity contribution >= 4 is 18.0 Å². The first-order valence-corrected chi connectivity index (χ1v) is 14.9. The van der Waals surface area contributed by atoms with E-state index in [4.69, 9.17) is 23.9 Å². The van der Waals surface area contributed by atoms with E-state index in [1.165, 1.54) is 12.1 Å². The molecule has 0 unspecified atom stereocenters. The van der Waals surface area contributed by atoms with E-state index in [2.05, 4.69) is 5.32 Å². The van der Waals surface area contributed by atoms with Gasteiger partial charge in [-0.1, -0.05) is 74.9 Å². The maximum atomic E-state index is 16.0. The Kier molecular flexibility index (Phi) is 10.0. The van der Waals surface area contributed by atoms with E-state index < -0.39 is 43.0 Å². The number of ether oxygens (including phenoxy) is 4. The summed E-state index contributed by atoms with van der Waals surface area (Å²) in [6.07, 6.45) is 4.23. The maximum absolute atomic E-state index is 16.0. The lowest BCUT2D eigenvalue weighted by atomic mass is 9.95. The largest absolute Gasteiger partial charge is 0.459 e. The molecular formula is C32H38F2N2O6. The lowest BCUT2D eigenvalue weighted by Crippen LogP contribution is -2.47. The van der Waals surface area contributed by atoms with Crippen LogP contribution < -0.4 is 5.32 Å². The van der Waals surface area contributed by atoms with Gasteiger partial charge in [-0.05, 0) is 49.9 Å². The highest BCUT2D eigenvalue weighted by atomic mass is 19.3. The van der Waals surface area contributed by atoms with Crippen LogP contribution in [0.4, 0.5) is 8.78 Å². The minimum atomic E-state index is -3.77. The van der Waals surface area contributed by atoms with Crippen molar-refractivity contribution in [2.75, 3.05) is 6.61 Å². The molecule has 0 radical (unpaired) electrons. The minimum Gasteiger partial charge on any atom is -0.459 e. The third-order valence-electron chi connectivity index (χ3n) is 7.99. The molecule has 5 rings (SSSR count). The van der Waals surface area contributed by atoms with Gasteiger partial charge in [-0.25, -0.2) is 14.6 Å². The molecule has 1 N–H and O–H groups in total. The quantitative estimate of drug-likeness (QED) is 0.229. The highest BCUT2D eigenvalue weighted by molar-refractivity contribution is 5.90. The van der Waals surface area contributed by atoms with Gasteiger partial charge in [0.15, 0.2) is 0 Å². The van der Waals surface area contributed by atoms with Crippen molar-refractivity contribution < 1.29 is 37.3 Å². The van der Waals surface area contributed by atoms with Crippen LogP contribution in [0.3, 0.4) is 0 Å². The molecule has 0 aromatic heterocycles. The van der Waals surface area contributed by atoms with Crippen LogP contribution in [0.5, 0.6) is 0 Å². The number of nitrogens with one attached hydrogen (secondary N) is 1. The van der Waals surface area contributed by atoms with Gasteiger partial charge in [0.05, 0.1) is 17.2 Å². The van der Waals surface area contributed by atoms with Crippen LogP contribution in [0.2, 0.25) is 0 Å². The molecule has 226 valence electrons. The fourth-order valence-corrected chi connectivity index (χ4v) is 5.66. The molecule has 3 atom stereocenters. The van der Waals surface area contributed by atoms with Crippen LogP contribution >= 0.6 is 0 Å². The van der Waals surface area contributed by atoms with Crippen LogP contribution in [0, 0.1) is 0 Å². The van der Waals surface area contributed by atoms with Gasteiger partial charge in [0.25, 0.3) is 12.3 Å². The van der Waals surface area contributed by atoms with Crippen molar-refractivity contribution in [1.82, 2.24) is 5.32 Å². The molecule has 1 heterocycles. The monoisotopic (exact) mass is 584 g/mol. The van der Waals surface area contributed by atoms with Gasteiger partial charge < -0.3 is 24.3 Å². The number of carbonyl (C=O) groups is 2. The summed E-state index contributed by atoms with van der Waals surface area (Å²) >= 11 is 0. The van der Waals surface area contributed by atoms with E-state index in [1.54, 1.807) is 48.5 Å². The second kappa shape index (κ2) is 14.1. The van der Waals surface area contributed by atoms with Crippen LogP contribution in [-0.4, -0.2) is 61.1 Å². The number of aliphatic imine (C=N–C) groups is 1. The molecule has 10 heteroatoms. The molecule has 0 spiro atoms. The van der Waals surface area contributed by atoms with Crippen molar-refractivity contribution in [1.29, 1.82) is 0 Å². The Morgan fingerprint density at radius 1 is 0.810 bits per heavy atom. The Hall–Kier alpha value is -3.53. The first-order chi connectivity index (χ1) is 20.4. The van der Waals surface area contributed by atoms with Gasteiger partial charge in [0.1, 0.15) is 12.7 Å². The summed E-state index contributed by atoms with van der Waals surface area (Å²) in [5, 5.41) is 3.26. The van der Waals surface area contributed by atoms with Crippen LogP contribution in [0.15, 0.2) is 65.7 Å². The molecule has 3 aliphatic rings. The molecule has 42 heavy (non-hydrogen) atoms. The Morgan fingerprint density at radius 2 is 1.38 bits per heavy atom. The fourth-order valence-electron chi connectivity index (χ4n) is 5.66. The minimum absolute atomic E-state index is 0.0218. The SMILES string of the molecule is O=C(OC[C@@H]1O[C@H](OC(=NC2CCCCC2)NC2CCCCC2)C(F)(F)[C@H]1OC(=O)c1ccccc1)c1ccccc1. The van der Waals surface area contributed by atoms with E-state index in [0.29, 0.717) is 0 Å². The Balaban J connectivity index is 1.35. The number of rotatable bonds is 8. The number of alkyl halides is 2. The number of benzene rings is 2. The molecule has 8 nitrogen and oxygen atoms in total. The van der Waals surface area contributed by atoms with E-state index in [9.17, 15) is 9.59 Å². The predicted molar refractivity (Wildman–Crippen MR) is 151 cm³/mol. The van der Waals surface area contributed by atoms with Crippen LogP contribution in [0.1, 0.15) is 84.9 Å². The molecule has 3 fully saturated rings. The summed E-state index contributed by atoms with van der Waals surface area (Å²) in [5.74, 6) is -5.42. The molecular weight excluding hydrogens is 546 g/mol. The summed E-state index contributed by atoms with van der Waals surface area (Å²) in [6, 6.07) is 16.1. The Morgan fingerprint density at radius 3 is 2.00 bits per heavy atom. The number of amidine groups is 1. The standard InChI is InChI=1S/C32H38F2N2O6/c33-32(34)27(41-29(38)23-15-7-2-8-16-23)26(21-39-28(37)22-13-5-1-6-14-22)40-30(32)42-31(35-24-17-9-3-10-18-24)36-25-19-11-4-12-20-25/h1-2,5-8,13-16,24-27,30H,3-4,9-12,17-21H2,(H,35,36)/t26-,27-,30+/m0/s1. The van der Waals surface area contributed by atoms with Gasteiger partial charge in [-0.15, -0.1) is 0 Å². The van der Waals surface area contributed by atoms with Crippen molar-refractivity contribution in [3.8, 4) is 0 Å². The average molecular weight is 585 g/mol. The molecule has 2 aromatic carbocycles. The first kappa shape index (κ1) is 29.9. The maximum Gasteiger partial charge on any atom is 0.347 e. The molecule has 2 saturated carbocycles. The van der Waals surface area contributed by atoms with Gasteiger partial charge in [0, 0.05) is 6.04 Å². The summed E-state index contributed by atoms with van der Waals surface area (Å²) in [7, 11) is 0. The van der Waals surface area contributed by atoms with Crippen molar-refractivity contribution in [3.63, 3.8) is 0 Å². The summed E-state index contributed by atoms with van der Waals surface area (Å²) in [6.45, 7) is -0.568. The third kappa shape index (κ3) is 7.65. The second-order valence-corrected chi connectivity index (χ2v) is 11.2.